The number of hydrogen-bond donors (Lipinski definition) is 3. The Hall–Kier alpha value is -0.610. The number of hydrogen-bond acceptors (Lipinski definition) is 3. The molecule has 52 valence electrons. The van der Waals surface area contributed by atoms with Crippen LogP contribution in [0.4, 0.5) is 0 Å². The molecule has 1 rings (SSSR count). The third-order valence-electron chi connectivity index (χ3n) is 0.763. The first kappa shape index (κ1) is 2.21. The number of aliphatic hydroxyl groups is 1. The highest BCUT2D eigenvalue weighted by molar-refractivity contribution is 5.73. The predicted octanol–water partition coefficient (Wildman–Crippen LogP) is -0.859. The minimum Gasteiger partial charge on any atom is -0.480 e. The Morgan fingerprint density at radius 1 is 1.89 bits per heavy atom. The average Bonchev–Trinajstić information content (AvgIpc) is 2.09. The molecule has 0 saturated carbocycles. The Kier molecular flexibility index (Phi) is 0.572. The molecule has 9 heavy (non-hydrogen) atoms. The fraction of sp³-hybridized carbons (Fsp3) is 0.800. The van der Waals surface area contributed by atoms with E-state index >= 15 is 0 Å². The van der Waals surface area contributed by atoms with Crippen molar-refractivity contribution in [3.05, 3.63) is 0 Å². The zero-order chi connectivity index (χ0) is 12.3. The van der Waals surface area contributed by atoms with E-state index in [4.69, 9.17) is 13.3 Å². The van der Waals surface area contributed by atoms with E-state index < -0.39 is 30.9 Å². The van der Waals surface area contributed by atoms with Crippen molar-refractivity contribution in [2.24, 2.45) is 0 Å². The summed E-state index contributed by atoms with van der Waals surface area (Å²) in [6, 6.07) is -3.10. The van der Waals surface area contributed by atoms with Gasteiger partial charge in [-0.05, 0) is 12.7 Å². The number of aliphatic carboxylic acids is 1. The van der Waals surface area contributed by atoms with Gasteiger partial charge in [0.25, 0.3) is 0 Å². The predicted molar refractivity (Wildman–Crippen MR) is 29.8 cm³/mol. The van der Waals surface area contributed by atoms with Gasteiger partial charge in [0.2, 0.25) is 0 Å². The number of nitrogens with one attached hydrogen (secondary N) is 1. The molecule has 0 aromatic carbocycles. The second-order valence-electron chi connectivity index (χ2n) is 1.40. The Bertz CT molecular complexity index is 318. The summed E-state index contributed by atoms with van der Waals surface area (Å²) in [5.74, 6) is -2.00. The van der Waals surface area contributed by atoms with Crippen molar-refractivity contribution >= 4 is 5.97 Å². The SMILES string of the molecule is [2H]C1(O)N[C@]([2H])(C(=O)O)C([2H])([2H])C1([2H])[2H]. The minimum absolute atomic E-state index is 1.43. The molecule has 2 atom stereocenters. The van der Waals surface area contributed by atoms with Crippen LogP contribution in [0.15, 0.2) is 0 Å². The molecule has 0 aromatic rings. The van der Waals surface area contributed by atoms with Crippen molar-refractivity contribution in [3.8, 4) is 0 Å². The molecule has 1 heterocycles. The molecule has 4 nitrogen and oxygen atoms in total. The van der Waals surface area contributed by atoms with Gasteiger partial charge in [-0.1, -0.05) is 0 Å². The maximum atomic E-state index is 10.7. The van der Waals surface area contributed by atoms with Crippen molar-refractivity contribution in [2.75, 3.05) is 0 Å². The molecule has 0 aromatic heterocycles. The van der Waals surface area contributed by atoms with Crippen LogP contribution in [0.3, 0.4) is 0 Å². The van der Waals surface area contributed by atoms with Gasteiger partial charge in [0.15, 0.2) is 0 Å². The summed E-state index contributed by atoms with van der Waals surface area (Å²) in [5.41, 5.74) is 0. The maximum Gasteiger partial charge on any atom is 0.320 e. The second kappa shape index (κ2) is 2.33. The second-order valence-corrected chi connectivity index (χ2v) is 1.40. The van der Waals surface area contributed by atoms with Crippen molar-refractivity contribution < 1.29 is 23.2 Å². The Balaban J connectivity index is 3.38. The summed E-state index contributed by atoms with van der Waals surface area (Å²) < 4.78 is 43.0. The smallest absolute Gasteiger partial charge is 0.320 e. The summed E-state index contributed by atoms with van der Waals surface area (Å²) in [7, 11) is 0. The molecule has 1 fully saturated rings. The van der Waals surface area contributed by atoms with Gasteiger partial charge in [-0.2, -0.15) is 0 Å². The maximum absolute atomic E-state index is 10.7. The van der Waals surface area contributed by atoms with Crippen LogP contribution >= 0.6 is 0 Å². The molecule has 0 amide bonds. The summed E-state index contributed by atoms with van der Waals surface area (Å²) in [5, 5.41) is 19.2. The van der Waals surface area contributed by atoms with Gasteiger partial charge in [-0.3, -0.25) is 10.1 Å². The third-order valence-corrected chi connectivity index (χ3v) is 0.763. The third kappa shape index (κ3) is 1.40. The van der Waals surface area contributed by atoms with Gasteiger partial charge in [-0.15, -0.1) is 0 Å². The van der Waals surface area contributed by atoms with Gasteiger partial charge in [-0.25, -0.2) is 0 Å². The van der Waals surface area contributed by atoms with Crippen molar-refractivity contribution in [3.63, 3.8) is 0 Å². The van der Waals surface area contributed by atoms with E-state index in [2.05, 4.69) is 0 Å². The van der Waals surface area contributed by atoms with Gasteiger partial charge in [0.05, 0.1) is 2.74 Å². The van der Waals surface area contributed by atoms with Crippen LogP contribution in [-0.4, -0.2) is 28.4 Å². The lowest BCUT2D eigenvalue weighted by molar-refractivity contribution is -0.139. The van der Waals surface area contributed by atoms with E-state index in [9.17, 15) is 9.90 Å². The summed E-state index contributed by atoms with van der Waals surface area (Å²) >= 11 is 0. The first-order chi connectivity index (χ1) is 6.40. The van der Waals surface area contributed by atoms with Crippen LogP contribution < -0.4 is 5.32 Å². The molecule has 0 bridgehead atoms. The monoisotopic (exact) mass is 137 g/mol. The van der Waals surface area contributed by atoms with Crippen LogP contribution in [0, 0.1) is 0 Å². The van der Waals surface area contributed by atoms with Crippen LogP contribution in [0.25, 0.3) is 0 Å². The highest BCUT2D eigenvalue weighted by Gasteiger charge is 2.26. The van der Waals surface area contributed by atoms with E-state index in [1.54, 1.807) is 0 Å². The molecule has 3 N–H and O–H groups in total. The van der Waals surface area contributed by atoms with Crippen LogP contribution in [0.1, 0.15) is 21.0 Å². The number of carboxylic acid groups (broad SMARTS) is 1. The largest absolute Gasteiger partial charge is 0.480 e. The first-order valence-corrected chi connectivity index (χ1v) is 2.15. The number of carbonyl (C=O) groups is 1. The van der Waals surface area contributed by atoms with Crippen molar-refractivity contribution in [2.45, 2.75) is 25.0 Å². The molecule has 4 heteroatoms. The molecule has 0 spiro atoms. The normalized spacial score (nSPS) is 72.1. The summed E-state index contributed by atoms with van der Waals surface area (Å²) in [6.45, 7) is 0. The van der Waals surface area contributed by atoms with E-state index in [1.165, 1.54) is 5.32 Å². The van der Waals surface area contributed by atoms with E-state index in [1.807, 2.05) is 0 Å². The molecular formula is C5H9NO3. The number of rotatable bonds is 1. The molecule has 0 radical (unpaired) electrons. The number of carboxylic acids is 1. The fourth-order valence-corrected chi connectivity index (χ4v) is 0.410. The van der Waals surface area contributed by atoms with Crippen molar-refractivity contribution in [1.29, 1.82) is 0 Å². The van der Waals surface area contributed by atoms with E-state index in [-0.39, 0.29) is 0 Å². The minimum atomic E-state index is -3.25. The van der Waals surface area contributed by atoms with Gasteiger partial charge in [0, 0.05) is 5.48 Å². The first-order valence-electron chi connectivity index (χ1n) is 5.15. The highest BCUT2D eigenvalue weighted by Crippen LogP contribution is 2.09. The average molecular weight is 137 g/mol. The van der Waals surface area contributed by atoms with Crippen LogP contribution in [0.2, 0.25) is 0 Å². The molecule has 1 saturated heterocycles. The van der Waals surface area contributed by atoms with Gasteiger partial charge < -0.3 is 10.2 Å². The molecular weight excluding hydrogens is 122 g/mol. The zero-order valence-electron chi connectivity index (χ0n) is 10.3. The summed E-state index contributed by atoms with van der Waals surface area (Å²) in [6.07, 6.45) is -9.64. The topological polar surface area (TPSA) is 69.6 Å². The van der Waals surface area contributed by atoms with Crippen LogP contribution in [-0.2, 0) is 4.79 Å². The lowest BCUT2D eigenvalue weighted by Crippen LogP contribution is -2.34. The molecule has 1 unspecified atom stereocenters. The lowest BCUT2D eigenvalue weighted by atomic mass is 10.2. The van der Waals surface area contributed by atoms with E-state index in [0.29, 0.717) is 0 Å². The Morgan fingerprint density at radius 3 is 2.78 bits per heavy atom. The molecule has 1 aliphatic heterocycles. The van der Waals surface area contributed by atoms with Crippen molar-refractivity contribution in [1.82, 2.24) is 5.32 Å². The van der Waals surface area contributed by atoms with Gasteiger partial charge >= 0.3 is 5.97 Å². The highest BCUT2D eigenvalue weighted by atomic mass is 16.4. The van der Waals surface area contributed by atoms with E-state index in [0.717, 1.165) is 0 Å². The standard InChI is InChI=1S/C5H9NO3/c7-4-2-1-3(6-4)5(8)9/h3-4,6-7H,1-2H2,(H,8,9)/t3-,4?/m0/s1/i1D2,2D2,3D,4D. The zero-order valence-corrected chi connectivity index (χ0v) is 4.30. The summed E-state index contributed by atoms with van der Waals surface area (Å²) in [4.78, 5) is 10.7. The quantitative estimate of drug-likeness (QED) is 0.440. The Labute approximate surface area is 60.9 Å². The Morgan fingerprint density at radius 2 is 2.56 bits per heavy atom. The van der Waals surface area contributed by atoms with Crippen LogP contribution in [0.5, 0.6) is 0 Å². The van der Waals surface area contributed by atoms with Gasteiger partial charge in [0.1, 0.15) is 12.2 Å². The lowest BCUT2D eigenvalue weighted by Gasteiger charge is -2.03. The molecule has 0 aliphatic carbocycles. The molecule has 1 aliphatic rings. The fourth-order valence-electron chi connectivity index (χ4n) is 0.410.